The maximum absolute atomic E-state index is 14.7. The summed E-state index contributed by atoms with van der Waals surface area (Å²) in [7, 11) is 0. The molecule has 0 N–H and O–H groups in total. The molecule has 0 radical (unpaired) electrons. The first-order valence-corrected chi connectivity index (χ1v) is 17.2. The lowest BCUT2D eigenvalue weighted by Crippen LogP contribution is -2.27. The molecule has 2 fully saturated rings. The Labute approximate surface area is 263 Å². The Balaban J connectivity index is 1.14. The lowest BCUT2D eigenvalue weighted by molar-refractivity contribution is -0.206. The summed E-state index contributed by atoms with van der Waals surface area (Å²) in [6.07, 6.45) is 20.6. The number of carbonyl (C=O) groups excluding carboxylic acids is 1. The van der Waals surface area contributed by atoms with Gasteiger partial charge in [0.15, 0.2) is 17.9 Å². The van der Waals surface area contributed by atoms with E-state index in [2.05, 4.69) is 6.92 Å². The zero-order chi connectivity index (χ0) is 31.0. The second kappa shape index (κ2) is 19.1. The van der Waals surface area contributed by atoms with E-state index in [1.165, 1.54) is 95.6 Å². The zero-order valence-corrected chi connectivity index (χ0v) is 26.6. The van der Waals surface area contributed by atoms with Crippen LogP contribution in [0.25, 0.3) is 0 Å². The van der Waals surface area contributed by atoms with Gasteiger partial charge in [-0.2, -0.15) is 4.39 Å². The van der Waals surface area contributed by atoms with E-state index < -0.39 is 29.5 Å². The van der Waals surface area contributed by atoms with Gasteiger partial charge in [-0.1, -0.05) is 115 Å². The molecule has 2 aliphatic rings. The highest BCUT2D eigenvalue weighted by Crippen LogP contribution is 2.31. The summed E-state index contributed by atoms with van der Waals surface area (Å²) in [5.74, 6) is -2.07. The second-order valence-corrected chi connectivity index (χ2v) is 12.7. The van der Waals surface area contributed by atoms with E-state index in [9.17, 15) is 13.6 Å². The quantitative estimate of drug-likeness (QED) is 0.0895. The van der Waals surface area contributed by atoms with Crippen LogP contribution in [0.5, 0.6) is 11.5 Å². The molecule has 244 valence electrons. The zero-order valence-electron chi connectivity index (χ0n) is 26.6. The number of hydrogen-bond acceptors (Lipinski definition) is 5. The summed E-state index contributed by atoms with van der Waals surface area (Å²) in [6.45, 7) is 3.86. The van der Waals surface area contributed by atoms with E-state index in [1.54, 1.807) is 24.3 Å². The molecule has 1 heterocycles. The summed E-state index contributed by atoms with van der Waals surface area (Å²) >= 11 is 0. The first-order chi connectivity index (χ1) is 21.5. The minimum absolute atomic E-state index is 0.188. The number of esters is 1. The first-order valence-electron chi connectivity index (χ1n) is 17.2. The van der Waals surface area contributed by atoms with Crippen molar-refractivity contribution in [2.45, 2.75) is 122 Å². The normalized spacial score (nSPS) is 18.9. The van der Waals surface area contributed by atoms with Gasteiger partial charge in [-0.25, -0.2) is 9.18 Å². The predicted octanol–water partition coefficient (Wildman–Crippen LogP) is 10.5. The van der Waals surface area contributed by atoms with Crippen molar-refractivity contribution in [2.24, 2.45) is 11.8 Å². The Morgan fingerprint density at radius 1 is 0.750 bits per heavy atom. The third-order valence-electron chi connectivity index (χ3n) is 9.05. The molecule has 5 nitrogen and oxygen atoms in total. The molecule has 0 spiro atoms. The lowest BCUT2D eigenvalue weighted by Gasteiger charge is -2.29. The van der Waals surface area contributed by atoms with Crippen molar-refractivity contribution >= 4 is 5.97 Å². The monoisotopic (exact) mass is 614 g/mol. The number of carbonyl (C=O) groups is 1. The summed E-state index contributed by atoms with van der Waals surface area (Å²) in [6, 6.07) is 9.21. The molecule has 4 rings (SSSR count). The van der Waals surface area contributed by atoms with Crippen molar-refractivity contribution in [3.8, 4) is 11.5 Å². The molecule has 0 bridgehead atoms. The Hall–Kier alpha value is -2.51. The van der Waals surface area contributed by atoms with Gasteiger partial charge in [0.1, 0.15) is 5.75 Å². The molecule has 1 aliphatic carbocycles. The molecule has 0 amide bonds. The van der Waals surface area contributed by atoms with Gasteiger partial charge in [0, 0.05) is 11.5 Å². The van der Waals surface area contributed by atoms with E-state index in [1.807, 2.05) is 0 Å². The van der Waals surface area contributed by atoms with E-state index in [4.69, 9.17) is 18.9 Å². The molecular formula is C37H52F2O5. The van der Waals surface area contributed by atoms with Gasteiger partial charge in [0.2, 0.25) is 5.82 Å². The molecule has 0 unspecified atom stereocenters. The molecule has 0 atom stereocenters. The van der Waals surface area contributed by atoms with Crippen LogP contribution in [0.3, 0.4) is 0 Å². The number of halogens is 2. The molecular weight excluding hydrogens is 562 g/mol. The summed E-state index contributed by atoms with van der Waals surface area (Å²) in [5.41, 5.74) is 0.337. The van der Waals surface area contributed by atoms with Crippen LogP contribution >= 0.6 is 0 Å². The Morgan fingerprint density at radius 3 is 2.05 bits per heavy atom. The number of hydrogen-bond donors (Lipinski definition) is 0. The number of rotatable bonds is 19. The second-order valence-electron chi connectivity index (χ2n) is 12.7. The third kappa shape index (κ3) is 11.1. The van der Waals surface area contributed by atoms with Gasteiger partial charge in [0.25, 0.3) is 0 Å². The maximum atomic E-state index is 14.7. The minimum atomic E-state index is -1.27. The highest BCUT2D eigenvalue weighted by molar-refractivity contribution is 5.91. The van der Waals surface area contributed by atoms with Gasteiger partial charge in [-0.05, 0) is 43.0 Å². The van der Waals surface area contributed by atoms with E-state index in [-0.39, 0.29) is 11.5 Å². The predicted molar refractivity (Wildman–Crippen MR) is 169 cm³/mol. The molecule has 44 heavy (non-hydrogen) atoms. The van der Waals surface area contributed by atoms with Gasteiger partial charge in [-0.3, -0.25) is 0 Å². The maximum Gasteiger partial charge on any atom is 0.346 e. The van der Waals surface area contributed by atoms with Gasteiger partial charge >= 0.3 is 5.97 Å². The lowest BCUT2D eigenvalue weighted by atomic mass is 9.99. The fourth-order valence-electron chi connectivity index (χ4n) is 6.32. The van der Waals surface area contributed by atoms with Gasteiger partial charge in [0.05, 0.1) is 25.4 Å². The molecule has 2 aromatic rings. The smallest absolute Gasteiger partial charge is 0.346 e. The molecule has 0 aromatic heterocycles. The van der Waals surface area contributed by atoms with Crippen LogP contribution in [0, 0.1) is 23.5 Å². The van der Waals surface area contributed by atoms with Crippen molar-refractivity contribution in [3.05, 3.63) is 59.2 Å². The van der Waals surface area contributed by atoms with Crippen LogP contribution in [0.1, 0.15) is 138 Å². The van der Waals surface area contributed by atoms with Gasteiger partial charge in [-0.15, -0.1) is 0 Å². The standard InChI is InChI=1S/C37H52F2O5/c1-2-3-4-5-6-7-11-18-29-26-42-37(43-27-29)30-19-21-31(22-20-30)44-36(40)32-23-24-33(35(39)34(32)38)41-25-14-9-8-10-15-28-16-12-13-17-28/h19-24,28-29,37H,2-18,25-27H2,1H3/t29-,37-. The number of unbranched alkanes of at least 4 members (excludes halogenated alkanes) is 9. The Bertz CT molecular complexity index is 1110. The first kappa shape index (κ1) is 34.4. The Kier molecular flexibility index (Phi) is 14.9. The number of benzene rings is 2. The van der Waals surface area contributed by atoms with E-state index in [0.717, 1.165) is 37.2 Å². The average molecular weight is 615 g/mol. The molecule has 1 saturated heterocycles. The average Bonchev–Trinajstić information content (AvgIpc) is 3.56. The van der Waals surface area contributed by atoms with Crippen LogP contribution < -0.4 is 9.47 Å². The van der Waals surface area contributed by atoms with Crippen molar-refractivity contribution in [1.29, 1.82) is 0 Å². The highest BCUT2D eigenvalue weighted by atomic mass is 19.2. The van der Waals surface area contributed by atoms with Crippen LogP contribution in [0.2, 0.25) is 0 Å². The molecule has 2 aromatic carbocycles. The summed E-state index contributed by atoms with van der Waals surface area (Å²) in [4.78, 5) is 12.6. The van der Waals surface area contributed by atoms with Crippen LogP contribution in [-0.4, -0.2) is 25.8 Å². The molecule has 7 heteroatoms. The fraction of sp³-hybridized carbons (Fsp3) is 0.649. The summed E-state index contributed by atoms with van der Waals surface area (Å²) in [5, 5.41) is 0. The SMILES string of the molecule is CCCCCCCCC[C@H]1CO[C@H](c2ccc(OC(=O)c3ccc(OCCCCCCC4CCCC4)c(F)c3F)cc2)OC1. The van der Waals surface area contributed by atoms with E-state index in [0.29, 0.717) is 25.7 Å². The van der Waals surface area contributed by atoms with Crippen LogP contribution in [-0.2, 0) is 9.47 Å². The topological polar surface area (TPSA) is 54.0 Å². The van der Waals surface area contributed by atoms with Gasteiger partial charge < -0.3 is 18.9 Å². The van der Waals surface area contributed by atoms with Crippen molar-refractivity contribution in [2.75, 3.05) is 19.8 Å². The highest BCUT2D eigenvalue weighted by Gasteiger charge is 2.24. The third-order valence-corrected chi connectivity index (χ3v) is 9.05. The van der Waals surface area contributed by atoms with Crippen LogP contribution in [0.4, 0.5) is 8.78 Å². The van der Waals surface area contributed by atoms with Crippen molar-refractivity contribution in [1.82, 2.24) is 0 Å². The van der Waals surface area contributed by atoms with Crippen molar-refractivity contribution < 1.29 is 32.5 Å². The molecule has 1 aliphatic heterocycles. The largest absolute Gasteiger partial charge is 0.490 e. The molecule has 1 saturated carbocycles. The minimum Gasteiger partial charge on any atom is -0.490 e. The van der Waals surface area contributed by atoms with E-state index >= 15 is 0 Å². The van der Waals surface area contributed by atoms with Crippen LogP contribution in [0.15, 0.2) is 36.4 Å². The van der Waals surface area contributed by atoms with Crippen molar-refractivity contribution in [3.63, 3.8) is 0 Å². The number of ether oxygens (including phenoxy) is 4. The fourth-order valence-corrected chi connectivity index (χ4v) is 6.32. The summed E-state index contributed by atoms with van der Waals surface area (Å²) < 4.78 is 52.1. The Morgan fingerprint density at radius 2 is 1.36 bits per heavy atom.